The number of hydrogen-bond acceptors (Lipinski definition) is 4. The molecule has 2 rings (SSSR count). The van der Waals surface area contributed by atoms with Gasteiger partial charge in [0, 0.05) is 26.7 Å². The van der Waals surface area contributed by atoms with Crippen LogP contribution in [0.1, 0.15) is 25.7 Å². The van der Waals surface area contributed by atoms with Crippen LogP contribution in [0.25, 0.3) is 0 Å². The van der Waals surface area contributed by atoms with Crippen molar-refractivity contribution in [1.82, 2.24) is 9.21 Å². The third kappa shape index (κ3) is 2.93. The van der Waals surface area contributed by atoms with Crippen LogP contribution < -0.4 is 0 Å². The number of amides is 1. The van der Waals surface area contributed by atoms with Crippen molar-refractivity contribution in [3.05, 3.63) is 0 Å². The number of carbonyl (C=O) groups is 1. The first-order valence-corrected chi connectivity index (χ1v) is 8.48. The summed E-state index contributed by atoms with van der Waals surface area (Å²) in [4.78, 5) is 13.7. The molecule has 0 aliphatic carbocycles. The van der Waals surface area contributed by atoms with E-state index in [-0.39, 0.29) is 18.1 Å². The minimum Gasteiger partial charge on any atom is -0.375 e. The van der Waals surface area contributed by atoms with Crippen molar-refractivity contribution in [3.8, 4) is 0 Å². The molecule has 2 aliphatic heterocycles. The van der Waals surface area contributed by atoms with E-state index in [4.69, 9.17) is 4.74 Å². The first-order valence-electron chi connectivity index (χ1n) is 6.64. The van der Waals surface area contributed by atoms with Gasteiger partial charge in [0.2, 0.25) is 15.9 Å². The molecule has 2 saturated heterocycles. The van der Waals surface area contributed by atoms with Gasteiger partial charge in [-0.25, -0.2) is 8.42 Å². The summed E-state index contributed by atoms with van der Waals surface area (Å²) in [5, 5.41) is 0. The van der Waals surface area contributed by atoms with E-state index in [0.717, 1.165) is 25.7 Å². The Kier molecular flexibility index (Phi) is 4.17. The molecule has 6 nitrogen and oxygen atoms in total. The van der Waals surface area contributed by atoms with Crippen molar-refractivity contribution in [2.45, 2.75) is 31.2 Å². The van der Waals surface area contributed by atoms with Gasteiger partial charge in [-0.15, -0.1) is 0 Å². The highest BCUT2D eigenvalue weighted by atomic mass is 32.2. The van der Waals surface area contributed by atoms with Crippen LogP contribution in [-0.4, -0.2) is 68.7 Å². The van der Waals surface area contributed by atoms with E-state index < -0.39 is 10.0 Å². The number of ether oxygens (including phenoxy) is 1. The highest BCUT2D eigenvalue weighted by molar-refractivity contribution is 7.88. The molecular weight excluding hydrogens is 268 g/mol. The van der Waals surface area contributed by atoms with Crippen LogP contribution in [0.4, 0.5) is 0 Å². The second kappa shape index (κ2) is 5.38. The number of sulfonamides is 1. The number of likely N-dealkylation sites (tertiary alicyclic amines) is 1. The summed E-state index contributed by atoms with van der Waals surface area (Å²) < 4.78 is 30.3. The van der Waals surface area contributed by atoms with E-state index in [9.17, 15) is 13.2 Å². The Labute approximate surface area is 114 Å². The fraction of sp³-hybridized carbons (Fsp3) is 0.917. The molecule has 110 valence electrons. The van der Waals surface area contributed by atoms with Gasteiger partial charge in [-0.1, -0.05) is 0 Å². The molecule has 0 aromatic rings. The topological polar surface area (TPSA) is 66.9 Å². The van der Waals surface area contributed by atoms with Gasteiger partial charge in [0.1, 0.15) is 6.61 Å². The van der Waals surface area contributed by atoms with Crippen molar-refractivity contribution in [2.75, 3.05) is 39.6 Å². The number of methoxy groups -OCH3 is 1. The zero-order valence-corrected chi connectivity index (χ0v) is 12.4. The van der Waals surface area contributed by atoms with Gasteiger partial charge in [0.05, 0.1) is 11.8 Å². The summed E-state index contributed by atoms with van der Waals surface area (Å²) in [6.45, 7) is 1.84. The Morgan fingerprint density at radius 1 is 1.26 bits per heavy atom. The quantitative estimate of drug-likeness (QED) is 0.736. The number of piperidine rings is 1. The van der Waals surface area contributed by atoms with Gasteiger partial charge in [0.25, 0.3) is 0 Å². The molecule has 1 atom stereocenters. The monoisotopic (exact) mass is 290 g/mol. The van der Waals surface area contributed by atoms with Crippen LogP contribution in [0.5, 0.6) is 0 Å². The smallest absolute Gasteiger partial charge is 0.248 e. The highest BCUT2D eigenvalue weighted by Gasteiger charge is 2.48. The fourth-order valence-corrected chi connectivity index (χ4v) is 4.78. The molecule has 0 saturated carbocycles. The molecule has 0 unspecified atom stereocenters. The lowest BCUT2D eigenvalue weighted by Gasteiger charge is -2.44. The van der Waals surface area contributed by atoms with Gasteiger partial charge in [0.15, 0.2) is 0 Å². The summed E-state index contributed by atoms with van der Waals surface area (Å²) in [6, 6.07) is 0. The van der Waals surface area contributed by atoms with E-state index in [1.165, 1.54) is 13.4 Å². The van der Waals surface area contributed by atoms with Gasteiger partial charge < -0.3 is 9.64 Å². The lowest BCUT2D eigenvalue weighted by Crippen LogP contribution is -2.58. The molecule has 2 fully saturated rings. The minimum absolute atomic E-state index is 0.0538. The first kappa shape index (κ1) is 14.7. The second-order valence-corrected chi connectivity index (χ2v) is 7.42. The van der Waals surface area contributed by atoms with Gasteiger partial charge in [-0.05, 0) is 25.7 Å². The molecule has 2 heterocycles. The van der Waals surface area contributed by atoms with Crippen LogP contribution in [0.2, 0.25) is 0 Å². The summed E-state index contributed by atoms with van der Waals surface area (Å²) in [7, 11) is -1.71. The number of hydrogen-bond donors (Lipinski definition) is 0. The molecule has 0 aromatic heterocycles. The number of rotatable bonds is 3. The number of nitrogens with zero attached hydrogens (tertiary/aromatic N) is 2. The van der Waals surface area contributed by atoms with Crippen LogP contribution in [0.3, 0.4) is 0 Å². The summed E-state index contributed by atoms with van der Waals surface area (Å²) in [6.07, 6.45) is 4.67. The molecule has 0 radical (unpaired) electrons. The van der Waals surface area contributed by atoms with Crippen molar-refractivity contribution in [1.29, 1.82) is 0 Å². The van der Waals surface area contributed by atoms with Crippen molar-refractivity contribution >= 4 is 15.9 Å². The van der Waals surface area contributed by atoms with Gasteiger partial charge in [-0.2, -0.15) is 4.31 Å². The number of carbonyl (C=O) groups excluding carboxylic acids is 1. The molecule has 0 bridgehead atoms. The Bertz CT molecular complexity index is 451. The lowest BCUT2D eigenvalue weighted by molar-refractivity contribution is -0.138. The van der Waals surface area contributed by atoms with Crippen LogP contribution in [-0.2, 0) is 19.6 Å². The Hall–Kier alpha value is -0.660. The zero-order chi connectivity index (χ0) is 14.1. The summed E-state index contributed by atoms with van der Waals surface area (Å²) >= 11 is 0. The van der Waals surface area contributed by atoms with Crippen LogP contribution in [0.15, 0.2) is 0 Å². The predicted octanol–water partition coefficient (Wildman–Crippen LogP) is 0.0494. The van der Waals surface area contributed by atoms with Crippen molar-refractivity contribution in [2.24, 2.45) is 0 Å². The highest BCUT2D eigenvalue weighted by Crippen LogP contribution is 2.38. The molecule has 2 aliphatic rings. The molecule has 0 N–H and O–H groups in total. The van der Waals surface area contributed by atoms with Crippen LogP contribution in [0, 0.1) is 0 Å². The molecule has 7 heteroatoms. The van der Waals surface area contributed by atoms with Gasteiger partial charge >= 0.3 is 0 Å². The second-order valence-electron chi connectivity index (χ2n) is 5.51. The maximum absolute atomic E-state index is 11.9. The van der Waals surface area contributed by atoms with E-state index >= 15 is 0 Å². The van der Waals surface area contributed by atoms with Crippen LogP contribution >= 0.6 is 0 Å². The fourth-order valence-electron chi connectivity index (χ4n) is 3.38. The molecular formula is C12H22N2O4S. The van der Waals surface area contributed by atoms with E-state index in [1.54, 1.807) is 9.21 Å². The first-order chi connectivity index (χ1) is 8.89. The third-order valence-corrected chi connectivity index (χ3v) is 5.48. The van der Waals surface area contributed by atoms with Crippen molar-refractivity contribution in [3.63, 3.8) is 0 Å². The summed E-state index contributed by atoms with van der Waals surface area (Å²) in [5.41, 5.74) is -0.380. The van der Waals surface area contributed by atoms with E-state index in [2.05, 4.69) is 0 Å². The third-order valence-electron chi connectivity index (χ3n) is 4.11. The molecule has 0 aromatic carbocycles. The minimum atomic E-state index is -3.21. The normalized spacial score (nSPS) is 29.1. The average Bonchev–Trinajstić information content (AvgIpc) is 2.72. The molecule has 1 amide bonds. The maximum atomic E-state index is 11.9. The standard InChI is InChI=1S/C12H22N2O4S/c1-18-9-11(15)13-7-3-5-12(10-13)6-4-8-14(12)19(2,16)17/h3-10H2,1-2H3/t12-/m1/s1. The maximum Gasteiger partial charge on any atom is 0.248 e. The molecule has 1 spiro atoms. The lowest BCUT2D eigenvalue weighted by atomic mass is 9.87. The van der Waals surface area contributed by atoms with E-state index in [0.29, 0.717) is 19.6 Å². The Morgan fingerprint density at radius 2 is 1.89 bits per heavy atom. The van der Waals surface area contributed by atoms with Gasteiger partial charge in [-0.3, -0.25) is 4.79 Å². The SMILES string of the molecule is COCC(=O)N1CCC[C@@]2(CCCN2S(C)(=O)=O)C1. The predicted molar refractivity (Wildman–Crippen MR) is 71.2 cm³/mol. The van der Waals surface area contributed by atoms with E-state index in [1.807, 2.05) is 0 Å². The Balaban J connectivity index is 2.17. The molecule has 19 heavy (non-hydrogen) atoms. The Morgan fingerprint density at radius 3 is 2.47 bits per heavy atom. The zero-order valence-electron chi connectivity index (χ0n) is 11.6. The average molecular weight is 290 g/mol. The summed E-state index contributed by atoms with van der Waals surface area (Å²) in [5.74, 6) is -0.0538. The largest absolute Gasteiger partial charge is 0.375 e. The van der Waals surface area contributed by atoms with Crippen molar-refractivity contribution < 1.29 is 17.9 Å².